The minimum absolute atomic E-state index is 0.229. The Kier molecular flexibility index (Phi) is 3.52. The fourth-order valence-corrected chi connectivity index (χ4v) is 0.370. The van der Waals surface area contributed by atoms with Gasteiger partial charge in [0.05, 0.1) is 5.54 Å². The van der Waals surface area contributed by atoms with Crippen molar-refractivity contribution < 1.29 is 5.21 Å². The third-order valence-electron chi connectivity index (χ3n) is 1.16. The summed E-state index contributed by atoms with van der Waals surface area (Å²) in [4.78, 5) is 4.04. The normalized spacial score (nSPS) is 13.0. The Morgan fingerprint density at radius 1 is 1.36 bits per heavy atom. The van der Waals surface area contributed by atoms with Gasteiger partial charge in [-0.2, -0.15) is 0 Å². The van der Waals surface area contributed by atoms with Gasteiger partial charge >= 0.3 is 0 Å². The van der Waals surface area contributed by atoms with E-state index in [0.29, 0.717) is 0 Å². The van der Waals surface area contributed by atoms with Gasteiger partial charge < -0.3 is 0 Å². The number of aliphatic imine (C=N–C) groups is 1. The molecule has 0 heterocycles. The summed E-state index contributed by atoms with van der Waals surface area (Å²) in [5.41, 5.74) is -0.265. The first kappa shape index (κ1) is 10.4. The second kappa shape index (κ2) is 3.72. The standard InChI is InChI=1S/C8H18N2O/c1-7(2)9-6-10(11)8(3,4)5/h6-7,11H,1-5H3/b9-6+. The molecule has 0 amide bonds. The van der Waals surface area contributed by atoms with E-state index in [0.717, 1.165) is 5.06 Å². The fourth-order valence-electron chi connectivity index (χ4n) is 0.370. The van der Waals surface area contributed by atoms with Crippen molar-refractivity contribution in [3.63, 3.8) is 0 Å². The molecule has 0 bridgehead atoms. The maximum atomic E-state index is 9.32. The summed E-state index contributed by atoms with van der Waals surface area (Å²) < 4.78 is 0. The van der Waals surface area contributed by atoms with E-state index in [1.807, 2.05) is 34.6 Å². The highest BCUT2D eigenvalue weighted by molar-refractivity contribution is 5.54. The van der Waals surface area contributed by atoms with Crippen LogP contribution in [0.2, 0.25) is 0 Å². The van der Waals surface area contributed by atoms with Gasteiger partial charge in [0.15, 0.2) is 0 Å². The summed E-state index contributed by atoms with van der Waals surface area (Å²) in [6.07, 6.45) is 1.46. The number of hydrogen-bond acceptors (Lipinski definition) is 2. The van der Waals surface area contributed by atoms with Gasteiger partial charge in [0.1, 0.15) is 6.34 Å². The van der Waals surface area contributed by atoms with Gasteiger partial charge in [0.2, 0.25) is 0 Å². The lowest BCUT2D eigenvalue weighted by atomic mass is 10.1. The lowest BCUT2D eigenvalue weighted by Gasteiger charge is -2.27. The molecule has 0 aromatic carbocycles. The van der Waals surface area contributed by atoms with E-state index in [4.69, 9.17) is 0 Å². The molecule has 66 valence electrons. The van der Waals surface area contributed by atoms with Crippen molar-refractivity contribution in [2.24, 2.45) is 4.99 Å². The van der Waals surface area contributed by atoms with Gasteiger partial charge in [-0.1, -0.05) is 0 Å². The zero-order chi connectivity index (χ0) is 9.07. The van der Waals surface area contributed by atoms with E-state index in [9.17, 15) is 5.21 Å². The lowest BCUT2D eigenvalue weighted by Crippen LogP contribution is -2.37. The monoisotopic (exact) mass is 158 g/mol. The topological polar surface area (TPSA) is 35.8 Å². The highest BCUT2D eigenvalue weighted by Gasteiger charge is 2.15. The molecule has 0 atom stereocenters. The van der Waals surface area contributed by atoms with Gasteiger partial charge in [0, 0.05) is 6.04 Å². The maximum Gasteiger partial charge on any atom is 0.111 e. The molecule has 0 spiro atoms. The van der Waals surface area contributed by atoms with E-state index in [2.05, 4.69) is 4.99 Å². The highest BCUT2D eigenvalue weighted by atomic mass is 16.5. The van der Waals surface area contributed by atoms with Crippen molar-refractivity contribution in [3.8, 4) is 0 Å². The molecule has 0 fully saturated rings. The van der Waals surface area contributed by atoms with E-state index in [-0.39, 0.29) is 11.6 Å². The van der Waals surface area contributed by atoms with Crippen LogP contribution in [0.1, 0.15) is 34.6 Å². The summed E-state index contributed by atoms with van der Waals surface area (Å²) >= 11 is 0. The Morgan fingerprint density at radius 3 is 2.09 bits per heavy atom. The van der Waals surface area contributed by atoms with Crippen LogP contribution in [0.25, 0.3) is 0 Å². The molecule has 11 heavy (non-hydrogen) atoms. The third-order valence-corrected chi connectivity index (χ3v) is 1.16. The molecule has 0 aliphatic carbocycles. The molecular formula is C8H18N2O. The number of hydroxylamine groups is 2. The Hall–Kier alpha value is -0.570. The molecule has 1 N–H and O–H groups in total. The maximum absolute atomic E-state index is 9.32. The van der Waals surface area contributed by atoms with Crippen LogP contribution in [0, 0.1) is 0 Å². The van der Waals surface area contributed by atoms with Crippen LogP contribution in [0.4, 0.5) is 0 Å². The van der Waals surface area contributed by atoms with Gasteiger partial charge in [-0.05, 0) is 34.6 Å². The van der Waals surface area contributed by atoms with Crippen LogP contribution >= 0.6 is 0 Å². The summed E-state index contributed by atoms with van der Waals surface area (Å²) in [5.74, 6) is 0. The zero-order valence-corrected chi connectivity index (χ0v) is 8.00. The van der Waals surface area contributed by atoms with Gasteiger partial charge in [-0.3, -0.25) is 10.2 Å². The molecular weight excluding hydrogens is 140 g/mol. The van der Waals surface area contributed by atoms with Crippen LogP contribution < -0.4 is 0 Å². The van der Waals surface area contributed by atoms with Crippen molar-refractivity contribution in [2.75, 3.05) is 0 Å². The molecule has 0 rings (SSSR count). The lowest BCUT2D eigenvalue weighted by molar-refractivity contribution is -0.0794. The first-order valence-corrected chi connectivity index (χ1v) is 3.85. The Balaban J connectivity index is 3.97. The molecule has 3 nitrogen and oxygen atoms in total. The van der Waals surface area contributed by atoms with Crippen LogP contribution in [-0.2, 0) is 0 Å². The van der Waals surface area contributed by atoms with Crippen LogP contribution in [0.15, 0.2) is 4.99 Å². The summed E-state index contributed by atoms with van der Waals surface area (Å²) in [5, 5.41) is 10.4. The second-order valence-corrected chi connectivity index (χ2v) is 3.87. The predicted octanol–water partition coefficient (Wildman–Crippen LogP) is 1.91. The molecule has 0 radical (unpaired) electrons. The van der Waals surface area contributed by atoms with E-state index >= 15 is 0 Å². The number of rotatable bonds is 2. The van der Waals surface area contributed by atoms with Gasteiger partial charge in [-0.15, -0.1) is 0 Å². The molecule has 3 heteroatoms. The molecule has 0 saturated carbocycles. The minimum Gasteiger partial charge on any atom is -0.287 e. The highest BCUT2D eigenvalue weighted by Crippen LogP contribution is 2.07. The first-order chi connectivity index (χ1) is 4.84. The van der Waals surface area contributed by atoms with Crippen molar-refractivity contribution >= 4 is 6.34 Å². The summed E-state index contributed by atoms with van der Waals surface area (Å²) in [6, 6.07) is 0.229. The molecule has 0 aromatic rings. The van der Waals surface area contributed by atoms with Crippen molar-refractivity contribution in [2.45, 2.75) is 46.2 Å². The molecule has 0 saturated heterocycles. The smallest absolute Gasteiger partial charge is 0.111 e. The average molecular weight is 158 g/mol. The average Bonchev–Trinajstić information content (AvgIpc) is 1.80. The number of hydrogen-bond donors (Lipinski definition) is 1. The van der Waals surface area contributed by atoms with Gasteiger partial charge in [-0.25, -0.2) is 5.06 Å². The van der Waals surface area contributed by atoms with Crippen LogP contribution in [-0.4, -0.2) is 28.2 Å². The Labute approximate surface area is 68.7 Å². The Bertz CT molecular complexity index is 136. The first-order valence-electron chi connectivity index (χ1n) is 3.85. The largest absolute Gasteiger partial charge is 0.287 e. The SMILES string of the molecule is CC(C)/N=C/N(O)C(C)(C)C. The minimum atomic E-state index is -0.265. The van der Waals surface area contributed by atoms with Crippen LogP contribution in [0.5, 0.6) is 0 Å². The van der Waals surface area contributed by atoms with E-state index < -0.39 is 0 Å². The van der Waals surface area contributed by atoms with Crippen LogP contribution in [0.3, 0.4) is 0 Å². The summed E-state index contributed by atoms with van der Waals surface area (Å²) in [7, 11) is 0. The van der Waals surface area contributed by atoms with Crippen molar-refractivity contribution in [3.05, 3.63) is 0 Å². The van der Waals surface area contributed by atoms with E-state index in [1.54, 1.807) is 0 Å². The molecule has 0 unspecified atom stereocenters. The van der Waals surface area contributed by atoms with Crippen molar-refractivity contribution in [1.82, 2.24) is 5.06 Å². The zero-order valence-electron chi connectivity index (χ0n) is 8.00. The van der Waals surface area contributed by atoms with Crippen molar-refractivity contribution in [1.29, 1.82) is 0 Å². The van der Waals surface area contributed by atoms with Gasteiger partial charge in [0.25, 0.3) is 0 Å². The summed E-state index contributed by atoms with van der Waals surface area (Å²) in [6.45, 7) is 9.68. The fraction of sp³-hybridized carbons (Fsp3) is 0.875. The second-order valence-electron chi connectivity index (χ2n) is 3.87. The van der Waals surface area contributed by atoms with E-state index in [1.165, 1.54) is 6.34 Å². The quantitative estimate of drug-likeness (QED) is 0.378. The predicted molar refractivity (Wildman–Crippen MR) is 47.0 cm³/mol. The molecule has 0 aliphatic heterocycles. The third kappa shape index (κ3) is 4.79. The number of nitrogens with zero attached hydrogens (tertiary/aromatic N) is 2. The molecule has 0 aliphatic rings. The molecule has 0 aromatic heterocycles. The Morgan fingerprint density at radius 2 is 1.82 bits per heavy atom.